The molecule has 1 aromatic rings. The molecule has 0 unspecified atom stereocenters. The standard InChI is InChI=1S/C9H11NO2/c1-2-10(7-11)8-3-5-9(12)6-4-8/h3-7,12H,2H2,1H3. The summed E-state index contributed by atoms with van der Waals surface area (Å²) in [5.41, 5.74) is 0.797. The first-order valence-electron chi connectivity index (χ1n) is 3.79. The topological polar surface area (TPSA) is 40.5 Å². The van der Waals surface area contributed by atoms with Crippen molar-refractivity contribution in [2.75, 3.05) is 11.4 Å². The number of aromatic hydroxyl groups is 1. The second-order valence-corrected chi connectivity index (χ2v) is 2.41. The van der Waals surface area contributed by atoms with E-state index in [0.29, 0.717) is 6.54 Å². The van der Waals surface area contributed by atoms with Gasteiger partial charge in [0.1, 0.15) is 5.75 Å². The molecule has 1 rings (SSSR count). The predicted octanol–water partition coefficient (Wildman–Crippen LogP) is 1.37. The quantitative estimate of drug-likeness (QED) is 0.687. The lowest BCUT2D eigenvalue weighted by Gasteiger charge is -2.14. The van der Waals surface area contributed by atoms with Gasteiger partial charge < -0.3 is 10.0 Å². The van der Waals surface area contributed by atoms with Gasteiger partial charge in [-0.2, -0.15) is 0 Å². The van der Waals surface area contributed by atoms with E-state index in [9.17, 15) is 4.79 Å². The van der Waals surface area contributed by atoms with E-state index in [1.807, 2.05) is 6.92 Å². The number of carbonyl (C=O) groups is 1. The lowest BCUT2D eigenvalue weighted by Crippen LogP contribution is -2.19. The van der Waals surface area contributed by atoms with Crippen LogP contribution in [-0.4, -0.2) is 18.1 Å². The molecule has 0 saturated carbocycles. The SMILES string of the molecule is CCN(C=O)c1ccc(O)cc1. The van der Waals surface area contributed by atoms with Gasteiger partial charge in [-0.1, -0.05) is 0 Å². The van der Waals surface area contributed by atoms with Gasteiger partial charge in [0.05, 0.1) is 0 Å². The summed E-state index contributed by atoms with van der Waals surface area (Å²) in [6.07, 6.45) is 0.770. The minimum Gasteiger partial charge on any atom is -0.508 e. The van der Waals surface area contributed by atoms with E-state index in [0.717, 1.165) is 12.1 Å². The molecule has 0 spiro atoms. The van der Waals surface area contributed by atoms with Crippen molar-refractivity contribution >= 4 is 12.1 Å². The third-order valence-corrected chi connectivity index (χ3v) is 1.65. The Bertz CT molecular complexity index is 256. The van der Waals surface area contributed by atoms with Gasteiger partial charge >= 0.3 is 0 Å². The first-order valence-corrected chi connectivity index (χ1v) is 3.79. The van der Waals surface area contributed by atoms with Crippen LogP contribution in [0.3, 0.4) is 0 Å². The summed E-state index contributed by atoms with van der Waals surface area (Å²) in [4.78, 5) is 12.0. The molecule has 0 radical (unpaired) electrons. The first-order chi connectivity index (χ1) is 5.77. The average molecular weight is 165 g/mol. The van der Waals surface area contributed by atoms with Gasteiger partial charge in [0, 0.05) is 12.2 Å². The lowest BCUT2D eigenvalue weighted by atomic mass is 10.3. The fourth-order valence-electron chi connectivity index (χ4n) is 0.962. The number of amides is 1. The summed E-state index contributed by atoms with van der Waals surface area (Å²) in [7, 11) is 0. The Morgan fingerprint density at radius 3 is 2.42 bits per heavy atom. The number of carbonyl (C=O) groups excluding carboxylic acids is 1. The second kappa shape index (κ2) is 3.76. The average Bonchev–Trinajstić information content (AvgIpc) is 2.10. The van der Waals surface area contributed by atoms with Gasteiger partial charge in [-0.05, 0) is 31.2 Å². The van der Waals surface area contributed by atoms with Gasteiger partial charge in [-0.25, -0.2) is 0 Å². The Kier molecular flexibility index (Phi) is 2.69. The van der Waals surface area contributed by atoms with Crippen LogP contribution >= 0.6 is 0 Å². The van der Waals surface area contributed by atoms with Crippen molar-refractivity contribution < 1.29 is 9.90 Å². The molecule has 3 nitrogen and oxygen atoms in total. The zero-order chi connectivity index (χ0) is 8.97. The Hall–Kier alpha value is -1.51. The second-order valence-electron chi connectivity index (χ2n) is 2.41. The minimum absolute atomic E-state index is 0.209. The van der Waals surface area contributed by atoms with Crippen molar-refractivity contribution in [1.29, 1.82) is 0 Å². The van der Waals surface area contributed by atoms with E-state index < -0.39 is 0 Å². The van der Waals surface area contributed by atoms with Crippen molar-refractivity contribution in [3.8, 4) is 5.75 Å². The van der Waals surface area contributed by atoms with Gasteiger partial charge in [-0.3, -0.25) is 4.79 Å². The highest BCUT2D eigenvalue weighted by molar-refractivity contribution is 5.74. The van der Waals surface area contributed by atoms with E-state index in [1.54, 1.807) is 29.2 Å². The lowest BCUT2D eigenvalue weighted by molar-refractivity contribution is -0.107. The summed E-state index contributed by atoms with van der Waals surface area (Å²) >= 11 is 0. The maximum Gasteiger partial charge on any atom is 0.214 e. The molecule has 0 saturated heterocycles. The molecule has 0 aliphatic heterocycles. The largest absolute Gasteiger partial charge is 0.508 e. The zero-order valence-electron chi connectivity index (χ0n) is 6.90. The number of benzene rings is 1. The van der Waals surface area contributed by atoms with Crippen LogP contribution in [0.1, 0.15) is 6.92 Å². The molecular weight excluding hydrogens is 154 g/mol. The Morgan fingerprint density at radius 1 is 1.42 bits per heavy atom. The first kappa shape index (κ1) is 8.59. The van der Waals surface area contributed by atoms with Crippen LogP contribution in [0, 0.1) is 0 Å². The third kappa shape index (κ3) is 1.75. The minimum atomic E-state index is 0.209. The van der Waals surface area contributed by atoms with E-state index in [-0.39, 0.29) is 5.75 Å². The van der Waals surface area contributed by atoms with Crippen LogP contribution in [0.15, 0.2) is 24.3 Å². The van der Waals surface area contributed by atoms with Crippen LogP contribution in [-0.2, 0) is 4.79 Å². The van der Waals surface area contributed by atoms with Crippen LogP contribution in [0.4, 0.5) is 5.69 Å². The van der Waals surface area contributed by atoms with Crippen LogP contribution in [0.25, 0.3) is 0 Å². The third-order valence-electron chi connectivity index (χ3n) is 1.65. The van der Waals surface area contributed by atoms with Gasteiger partial charge in [0.15, 0.2) is 0 Å². The molecule has 0 heterocycles. The van der Waals surface area contributed by atoms with E-state index in [1.165, 1.54) is 0 Å². The zero-order valence-corrected chi connectivity index (χ0v) is 6.90. The van der Waals surface area contributed by atoms with Crippen LogP contribution < -0.4 is 4.90 Å². The highest BCUT2D eigenvalue weighted by Crippen LogP contribution is 2.16. The number of hydrogen-bond acceptors (Lipinski definition) is 2. The van der Waals surface area contributed by atoms with Crippen molar-refractivity contribution in [3.63, 3.8) is 0 Å². The number of rotatable bonds is 3. The molecule has 0 fully saturated rings. The van der Waals surface area contributed by atoms with Crippen LogP contribution in [0.2, 0.25) is 0 Å². The van der Waals surface area contributed by atoms with E-state index in [4.69, 9.17) is 5.11 Å². The molecule has 0 aromatic heterocycles. The van der Waals surface area contributed by atoms with E-state index in [2.05, 4.69) is 0 Å². The highest BCUT2D eigenvalue weighted by Gasteiger charge is 2.00. The van der Waals surface area contributed by atoms with Crippen LogP contribution in [0.5, 0.6) is 5.75 Å². The smallest absolute Gasteiger partial charge is 0.214 e. The maximum absolute atomic E-state index is 10.5. The molecule has 0 atom stereocenters. The number of phenols is 1. The van der Waals surface area contributed by atoms with Crippen molar-refractivity contribution in [2.24, 2.45) is 0 Å². The number of anilines is 1. The molecule has 1 aromatic carbocycles. The molecule has 1 amide bonds. The summed E-state index contributed by atoms with van der Waals surface area (Å²) < 4.78 is 0. The Balaban J connectivity index is 2.87. The van der Waals surface area contributed by atoms with Gasteiger partial charge in [0.2, 0.25) is 6.41 Å². The van der Waals surface area contributed by atoms with Gasteiger partial charge in [-0.15, -0.1) is 0 Å². The fourth-order valence-corrected chi connectivity index (χ4v) is 0.962. The number of hydrogen-bond donors (Lipinski definition) is 1. The summed E-state index contributed by atoms with van der Waals surface area (Å²) in [6.45, 7) is 2.52. The molecule has 12 heavy (non-hydrogen) atoms. The van der Waals surface area contributed by atoms with Crippen molar-refractivity contribution in [1.82, 2.24) is 0 Å². The summed E-state index contributed by atoms with van der Waals surface area (Å²) in [6, 6.07) is 6.52. The normalized spacial score (nSPS) is 9.42. The molecule has 0 bridgehead atoms. The maximum atomic E-state index is 10.5. The predicted molar refractivity (Wildman–Crippen MR) is 47.2 cm³/mol. The molecule has 64 valence electrons. The Labute approximate surface area is 71.2 Å². The highest BCUT2D eigenvalue weighted by atomic mass is 16.3. The fraction of sp³-hybridized carbons (Fsp3) is 0.222. The van der Waals surface area contributed by atoms with Crippen molar-refractivity contribution in [3.05, 3.63) is 24.3 Å². The monoisotopic (exact) mass is 165 g/mol. The number of nitrogens with zero attached hydrogens (tertiary/aromatic N) is 1. The number of phenolic OH excluding ortho intramolecular Hbond substituents is 1. The Morgan fingerprint density at radius 2 is 2.00 bits per heavy atom. The molecule has 0 aliphatic rings. The molecule has 3 heteroatoms. The molecule has 1 N–H and O–H groups in total. The molecular formula is C9H11NO2. The molecule has 0 aliphatic carbocycles. The van der Waals surface area contributed by atoms with Gasteiger partial charge in [0.25, 0.3) is 0 Å². The summed E-state index contributed by atoms with van der Waals surface area (Å²) in [5, 5.41) is 8.98. The van der Waals surface area contributed by atoms with Crippen molar-refractivity contribution in [2.45, 2.75) is 6.92 Å². The van der Waals surface area contributed by atoms with E-state index >= 15 is 0 Å². The summed E-state index contributed by atoms with van der Waals surface area (Å²) in [5.74, 6) is 0.209.